The summed E-state index contributed by atoms with van der Waals surface area (Å²) in [5.74, 6) is 1.20. The number of carbonyl (C=O) groups is 1. The van der Waals surface area contributed by atoms with Crippen molar-refractivity contribution in [3.8, 4) is 0 Å². The maximum absolute atomic E-state index is 11.8. The molecule has 1 aliphatic rings. The number of carbonyl (C=O) groups excluding carboxylic acids is 1. The molecule has 1 aliphatic heterocycles. The third-order valence-corrected chi connectivity index (χ3v) is 3.48. The molecule has 1 atom stereocenters. The fourth-order valence-electron chi connectivity index (χ4n) is 2.20. The van der Waals surface area contributed by atoms with Crippen LogP contribution < -0.4 is 0 Å². The van der Waals surface area contributed by atoms with Crippen LogP contribution >= 0.6 is 11.6 Å². The maximum Gasteiger partial charge on any atom is 0.410 e. The Morgan fingerprint density at radius 2 is 2.17 bits per heavy atom. The second-order valence-corrected chi connectivity index (χ2v) is 5.00. The summed E-state index contributed by atoms with van der Waals surface area (Å²) in [4.78, 5) is 13.6. The minimum absolute atomic E-state index is 0.212. The van der Waals surface area contributed by atoms with Crippen LogP contribution in [0.4, 0.5) is 4.79 Å². The molecule has 1 amide bonds. The lowest BCUT2D eigenvalue weighted by molar-refractivity contribution is 0.103. The van der Waals surface area contributed by atoms with E-state index in [1.807, 2.05) is 30.3 Å². The summed E-state index contributed by atoms with van der Waals surface area (Å²) < 4.78 is 5.29. The standard InChI is InChI=1S/C14H18ClNO2/c15-8-6-12-7-9-16(10-12)14(17)18-11-13-4-2-1-3-5-13/h1-5,12H,6-11H2/t12-/m0/s1. The molecule has 0 aromatic heterocycles. The van der Waals surface area contributed by atoms with Gasteiger partial charge >= 0.3 is 6.09 Å². The van der Waals surface area contributed by atoms with Crippen molar-refractivity contribution in [2.24, 2.45) is 5.92 Å². The van der Waals surface area contributed by atoms with Crippen LogP contribution in [0.15, 0.2) is 30.3 Å². The molecular weight excluding hydrogens is 250 g/mol. The summed E-state index contributed by atoms with van der Waals surface area (Å²) in [6.45, 7) is 1.91. The molecular formula is C14H18ClNO2. The summed E-state index contributed by atoms with van der Waals surface area (Å²) in [5.41, 5.74) is 1.02. The number of rotatable bonds is 4. The van der Waals surface area contributed by atoms with Crippen LogP contribution in [0.5, 0.6) is 0 Å². The summed E-state index contributed by atoms with van der Waals surface area (Å²) in [7, 11) is 0. The van der Waals surface area contributed by atoms with Gasteiger partial charge < -0.3 is 9.64 Å². The van der Waals surface area contributed by atoms with Gasteiger partial charge in [0.2, 0.25) is 0 Å². The summed E-state index contributed by atoms with van der Waals surface area (Å²) in [5, 5.41) is 0. The van der Waals surface area contributed by atoms with E-state index in [2.05, 4.69) is 0 Å². The first-order valence-corrected chi connectivity index (χ1v) is 6.84. The molecule has 0 aliphatic carbocycles. The molecule has 98 valence electrons. The van der Waals surface area contributed by atoms with E-state index >= 15 is 0 Å². The van der Waals surface area contributed by atoms with Crippen molar-refractivity contribution in [2.75, 3.05) is 19.0 Å². The Hall–Kier alpha value is -1.22. The number of ether oxygens (including phenoxy) is 1. The van der Waals surface area contributed by atoms with Crippen molar-refractivity contribution in [2.45, 2.75) is 19.4 Å². The zero-order chi connectivity index (χ0) is 12.8. The number of amides is 1. The van der Waals surface area contributed by atoms with E-state index in [1.165, 1.54) is 0 Å². The molecule has 0 bridgehead atoms. The summed E-state index contributed by atoms with van der Waals surface area (Å²) >= 11 is 5.72. The third-order valence-electron chi connectivity index (χ3n) is 3.27. The molecule has 0 N–H and O–H groups in total. The molecule has 18 heavy (non-hydrogen) atoms. The van der Waals surface area contributed by atoms with Crippen molar-refractivity contribution in [1.82, 2.24) is 4.90 Å². The predicted molar refractivity (Wildman–Crippen MR) is 71.6 cm³/mol. The molecule has 1 aromatic carbocycles. The molecule has 0 spiro atoms. The van der Waals surface area contributed by atoms with Crippen molar-refractivity contribution < 1.29 is 9.53 Å². The normalized spacial score (nSPS) is 18.9. The van der Waals surface area contributed by atoms with Crippen LogP contribution in [0.2, 0.25) is 0 Å². The van der Waals surface area contributed by atoms with E-state index in [9.17, 15) is 4.79 Å². The van der Waals surface area contributed by atoms with Crippen LogP contribution in [-0.2, 0) is 11.3 Å². The molecule has 2 rings (SSSR count). The fraction of sp³-hybridized carbons (Fsp3) is 0.500. The van der Waals surface area contributed by atoms with Gasteiger partial charge in [0, 0.05) is 19.0 Å². The highest BCUT2D eigenvalue weighted by atomic mass is 35.5. The van der Waals surface area contributed by atoms with Gasteiger partial charge in [0.05, 0.1) is 0 Å². The Bertz CT molecular complexity index is 383. The Labute approximate surface area is 113 Å². The fourth-order valence-corrected chi connectivity index (χ4v) is 2.51. The molecule has 3 nitrogen and oxygen atoms in total. The minimum Gasteiger partial charge on any atom is -0.445 e. The average molecular weight is 268 g/mol. The highest BCUT2D eigenvalue weighted by Crippen LogP contribution is 2.20. The van der Waals surface area contributed by atoms with E-state index in [-0.39, 0.29) is 6.09 Å². The highest BCUT2D eigenvalue weighted by molar-refractivity contribution is 6.17. The number of hydrogen-bond donors (Lipinski definition) is 0. The second kappa shape index (κ2) is 6.64. The summed E-state index contributed by atoms with van der Waals surface area (Å²) in [6, 6.07) is 9.73. The zero-order valence-electron chi connectivity index (χ0n) is 10.3. The number of halogens is 1. The molecule has 1 heterocycles. The SMILES string of the molecule is O=C(OCc1ccccc1)N1CC[C@H](CCCl)C1. The molecule has 0 unspecified atom stereocenters. The van der Waals surface area contributed by atoms with Gasteiger partial charge in [0.15, 0.2) is 0 Å². The quantitative estimate of drug-likeness (QED) is 0.784. The van der Waals surface area contributed by atoms with Gasteiger partial charge in [-0.1, -0.05) is 30.3 Å². The van der Waals surface area contributed by atoms with Gasteiger partial charge in [0.1, 0.15) is 6.61 Å². The number of benzene rings is 1. The first-order chi connectivity index (χ1) is 8.79. The highest BCUT2D eigenvalue weighted by Gasteiger charge is 2.26. The van der Waals surface area contributed by atoms with Crippen molar-refractivity contribution in [3.63, 3.8) is 0 Å². The lowest BCUT2D eigenvalue weighted by Crippen LogP contribution is -2.29. The van der Waals surface area contributed by atoms with Gasteiger partial charge in [-0.05, 0) is 24.3 Å². The number of alkyl halides is 1. The molecule has 0 saturated carbocycles. The van der Waals surface area contributed by atoms with Crippen molar-refractivity contribution >= 4 is 17.7 Å². The van der Waals surface area contributed by atoms with Crippen LogP contribution in [0.25, 0.3) is 0 Å². The minimum atomic E-state index is -0.212. The van der Waals surface area contributed by atoms with Gasteiger partial charge in [-0.15, -0.1) is 11.6 Å². The molecule has 1 fully saturated rings. The lowest BCUT2D eigenvalue weighted by atomic mass is 10.1. The topological polar surface area (TPSA) is 29.5 Å². The summed E-state index contributed by atoms with van der Waals surface area (Å²) in [6.07, 6.45) is 1.80. The van der Waals surface area contributed by atoms with Crippen LogP contribution in [0.3, 0.4) is 0 Å². The molecule has 0 radical (unpaired) electrons. The van der Waals surface area contributed by atoms with Gasteiger partial charge in [-0.2, -0.15) is 0 Å². The Morgan fingerprint density at radius 3 is 2.89 bits per heavy atom. The predicted octanol–water partition coefficient (Wildman–Crippen LogP) is 3.27. The maximum atomic E-state index is 11.8. The molecule has 4 heteroatoms. The van der Waals surface area contributed by atoms with E-state index < -0.39 is 0 Å². The average Bonchev–Trinajstić information content (AvgIpc) is 2.86. The van der Waals surface area contributed by atoms with Crippen LogP contribution in [0.1, 0.15) is 18.4 Å². The van der Waals surface area contributed by atoms with Crippen molar-refractivity contribution in [3.05, 3.63) is 35.9 Å². The Kier molecular flexibility index (Phi) is 4.88. The third kappa shape index (κ3) is 3.64. The smallest absolute Gasteiger partial charge is 0.410 e. The van der Waals surface area contributed by atoms with Crippen LogP contribution in [0, 0.1) is 5.92 Å². The Morgan fingerprint density at radius 1 is 1.39 bits per heavy atom. The molecule has 1 saturated heterocycles. The van der Waals surface area contributed by atoms with Crippen molar-refractivity contribution in [1.29, 1.82) is 0 Å². The number of hydrogen-bond acceptors (Lipinski definition) is 2. The van der Waals surface area contributed by atoms with Gasteiger partial charge in [0.25, 0.3) is 0 Å². The van der Waals surface area contributed by atoms with Crippen LogP contribution in [-0.4, -0.2) is 30.0 Å². The first-order valence-electron chi connectivity index (χ1n) is 6.31. The molecule has 1 aromatic rings. The van der Waals surface area contributed by atoms with E-state index in [0.29, 0.717) is 18.4 Å². The second-order valence-electron chi connectivity index (χ2n) is 4.62. The lowest BCUT2D eigenvalue weighted by Gasteiger charge is -2.16. The first kappa shape index (κ1) is 13.2. The van der Waals surface area contributed by atoms with E-state index in [4.69, 9.17) is 16.3 Å². The largest absolute Gasteiger partial charge is 0.445 e. The van der Waals surface area contributed by atoms with E-state index in [1.54, 1.807) is 4.90 Å². The van der Waals surface area contributed by atoms with Gasteiger partial charge in [-0.25, -0.2) is 4.79 Å². The monoisotopic (exact) mass is 267 g/mol. The Balaban J connectivity index is 1.76. The number of likely N-dealkylation sites (tertiary alicyclic amines) is 1. The van der Waals surface area contributed by atoms with E-state index in [0.717, 1.165) is 31.5 Å². The van der Waals surface area contributed by atoms with Gasteiger partial charge in [-0.3, -0.25) is 0 Å². The number of nitrogens with zero attached hydrogens (tertiary/aromatic N) is 1. The zero-order valence-corrected chi connectivity index (χ0v) is 11.1.